The third-order valence-electron chi connectivity index (χ3n) is 3.35. The molecule has 120 valence electrons. The Labute approximate surface area is 142 Å². The number of halogens is 1. The molecule has 2 aromatic carbocycles. The van der Waals surface area contributed by atoms with E-state index in [9.17, 15) is 25.0 Å². The second kappa shape index (κ2) is 5.81. The predicted octanol–water partition coefficient (Wildman–Crippen LogP) is 3.30. The first-order valence-electron chi connectivity index (χ1n) is 6.49. The molecule has 0 bridgehead atoms. The summed E-state index contributed by atoms with van der Waals surface area (Å²) >= 11 is 2.84. The van der Waals surface area contributed by atoms with Gasteiger partial charge < -0.3 is 0 Å². The number of para-hydroxylation sites is 2. The van der Waals surface area contributed by atoms with Crippen LogP contribution in [-0.4, -0.2) is 25.3 Å². The van der Waals surface area contributed by atoms with Gasteiger partial charge in [0, 0.05) is 12.1 Å². The molecule has 3 rings (SSSR count). The summed E-state index contributed by atoms with van der Waals surface area (Å²) in [7, 11) is 0. The minimum Gasteiger partial charge on any atom is -0.268 e. The molecule has 0 unspecified atom stereocenters. The van der Waals surface area contributed by atoms with Gasteiger partial charge in [-0.3, -0.25) is 29.6 Å². The lowest BCUT2D eigenvalue weighted by molar-refractivity contribution is -0.395. The summed E-state index contributed by atoms with van der Waals surface area (Å²) in [5.74, 6) is -0.651. The van der Waals surface area contributed by atoms with Gasteiger partial charge in [0.15, 0.2) is 4.47 Å². The molecule has 0 fully saturated rings. The number of benzene rings is 2. The molecular formula is C14H7BrN4O5. The average molecular weight is 391 g/mol. The number of fused-ring (bicyclic) bond motifs is 1. The van der Waals surface area contributed by atoms with Gasteiger partial charge in [-0.05, 0) is 28.1 Å². The molecule has 9 nitrogen and oxygen atoms in total. The molecule has 10 heteroatoms. The van der Waals surface area contributed by atoms with E-state index in [1.165, 1.54) is 10.9 Å². The summed E-state index contributed by atoms with van der Waals surface area (Å²) in [6.45, 7) is 0. The Morgan fingerprint density at radius 3 is 2.25 bits per heavy atom. The Morgan fingerprint density at radius 1 is 1.08 bits per heavy atom. The number of carbonyl (C=O) groups excluding carboxylic acids is 1. The maximum Gasteiger partial charge on any atom is 0.291 e. The van der Waals surface area contributed by atoms with Crippen LogP contribution in [0.25, 0.3) is 11.0 Å². The van der Waals surface area contributed by atoms with Gasteiger partial charge in [0.1, 0.15) is 6.33 Å². The van der Waals surface area contributed by atoms with E-state index in [0.717, 1.165) is 12.1 Å². The molecule has 0 aliphatic heterocycles. The number of nitro groups is 2. The van der Waals surface area contributed by atoms with Crippen LogP contribution < -0.4 is 0 Å². The molecule has 0 saturated heterocycles. The highest BCUT2D eigenvalue weighted by Gasteiger charge is 2.27. The first-order chi connectivity index (χ1) is 11.4. The summed E-state index contributed by atoms with van der Waals surface area (Å²) in [5.41, 5.74) is -0.239. The van der Waals surface area contributed by atoms with E-state index in [0.29, 0.717) is 11.0 Å². The highest BCUT2D eigenvalue weighted by Crippen LogP contribution is 2.35. The Kier molecular flexibility index (Phi) is 3.81. The first kappa shape index (κ1) is 15.7. The van der Waals surface area contributed by atoms with E-state index in [4.69, 9.17) is 0 Å². The van der Waals surface area contributed by atoms with Crippen molar-refractivity contribution in [2.24, 2.45) is 0 Å². The van der Waals surface area contributed by atoms with Gasteiger partial charge in [0.05, 0.1) is 26.4 Å². The van der Waals surface area contributed by atoms with E-state index in [1.807, 2.05) is 0 Å². The van der Waals surface area contributed by atoms with Gasteiger partial charge in [0.2, 0.25) is 0 Å². The molecule has 0 spiro atoms. The van der Waals surface area contributed by atoms with Crippen molar-refractivity contribution in [3.63, 3.8) is 0 Å². The van der Waals surface area contributed by atoms with Crippen LogP contribution in [0.5, 0.6) is 0 Å². The number of imidazole rings is 1. The number of hydrogen-bond donors (Lipinski definition) is 0. The maximum absolute atomic E-state index is 12.6. The van der Waals surface area contributed by atoms with Gasteiger partial charge in [-0.2, -0.15) is 0 Å². The summed E-state index contributed by atoms with van der Waals surface area (Å²) in [5, 5.41) is 22.2. The zero-order valence-corrected chi connectivity index (χ0v) is 13.3. The number of hydrogen-bond acceptors (Lipinski definition) is 6. The number of nitrogens with zero attached hydrogens (tertiary/aromatic N) is 4. The van der Waals surface area contributed by atoms with Crippen LogP contribution >= 0.6 is 15.9 Å². The van der Waals surface area contributed by atoms with Gasteiger partial charge in [-0.15, -0.1) is 0 Å². The largest absolute Gasteiger partial charge is 0.291 e. The number of nitro benzene ring substituents is 2. The van der Waals surface area contributed by atoms with Crippen LogP contribution in [-0.2, 0) is 0 Å². The van der Waals surface area contributed by atoms with E-state index in [2.05, 4.69) is 20.9 Å². The monoisotopic (exact) mass is 390 g/mol. The zero-order valence-electron chi connectivity index (χ0n) is 11.7. The minimum absolute atomic E-state index is 0.181. The van der Waals surface area contributed by atoms with Crippen LogP contribution in [0.2, 0.25) is 0 Å². The molecule has 0 N–H and O–H groups in total. The summed E-state index contributed by atoms with van der Waals surface area (Å²) in [6.07, 6.45) is 1.27. The minimum atomic E-state index is -0.792. The van der Waals surface area contributed by atoms with Crippen LogP contribution in [0.3, 0.4) is 0 Å². The molecule has 0 atom stereocenters. The first-order valence-corrected chi connectivity index (χ1v) is 7.28. The van der Waals surface area contributed by atoms with Gasteiger partial charge in [0.25, 0.3) is 17.3 Å². The fourth-order valence-corrected chi connectivity index (χ4v) is 2.76. The fourth-order valence-electron chi connectivity index (χ4n) is 2.24. The predicted molar refractivity (Wildman–Crippen MR) is 86.9 cm³/mol. The highest BCUT2D eigenvalue weighted by atomic mass is 79.9. The summed E-state index contributed by atoms with van der Waals surface area (Å²) in [4.78, 5) is 37.3. The Hall–Kier alpha value is -3.14. The lowest BCUT2D eigenvalue weighted by Gasteiger charge is -2.05. The van der Waals surface area contributed by atoms with Crippen molar-refractivity contribution in [3.05, 3.63) is 73.0 Å². The van der Waals surface area contributed by atoms with Crippen molar-refractivity contribution in [3.8, 4) is 0 Å². The second-order valence-electron chi connectivity index (χ2n) is 4.75. The number of aromatic nitrogens is 2. The van der Waals surface area contributed by atoms with Crippen LogP contribution in [0.4, 0.5) is 11.4 Å². The van der Waals surface area contributed by atoms with Crippen molar-refractivity contribution in [2.45, 2.75) is 0 Å². The van der Waals surface area contributed by atoms with Crippen molar-refractivity contribution in [1.82, 2.24) is 9.55 Å². The van der Waals surface area contributed by atoms with Crippen molar-refractivity contribution >= 4 is 44.2 Å². The van der Waals surface area contributed by atoms with Crippen molar-refractivity contribution < 1.29 is 14.6 Å². The van der Waals surface area contributed by atoms with Crippen LogP contribution in [0, 0.1) is 20.2 Å². The Balaban J connectivity index is 2.20. The van der Waals surface area contributed by atoms with Gasteiger partial charge in [-0.1, -0.05) is 12.1 Å². The molecule has 0 saturated carbocycles. The van der Waals surface area contributed by atoms with E-state index in [-0.39, 0.29) is 10.0 Å². The van der Waals surface area contributed by atoms with Crippen LogP contribution in [0.15, 0.2) is 47.2 Å². The molecule has 1 aromatic heterocycles. The summed E-state index contributed by atoms with van der Waals surface area (Å²) in [6, 6.07) is 8.80. The zero-order chi connectivity index (χ0) is 17.4. The third-order valence-corrected chi connectivity index (χ3v) is 4.16. The number of carbonyl (C=O) groups is 1. The van der Waals surface area contributed by atoms with Gasteiger partial charge in [-0.25, -0.2) is 4.98 Å². The van der Waals surface area contributed by atoms with Gasteiger partial charge >= 0.3 is 0 Å². The highest BCUT2D eigenvalue weighted by molar-refractivity contribution is 9.10. The number of rotatable bonds is 3. The van der Waals surface area contributed by atoms with E-state index >= 15 is 0 Å². The normalized spacial score (nSPS) is 10.7. The molecule has 0 aliphatic rings. The third kappa shape index (κ3) is 2.52. The molecule has 24 heavy (non-hydrogen) atoms. The maximum atomic E-state index is 12.6. The topological polar surface area (TPSA) is 121 Å². The SMILES string of the molecule is O=C(c1cc([N+](=O)[O-])c(Br)c([N+](=O)[O-])c1)n1cnc2ccccc21. The summed E-state index contributed by atoms with van der Waals surface area (Å²) < 4.78 is 0.899. The smallest absolute Gasteiger partial charge is 0.268 e. The molecule has 1 heterocycles. The molecule has 0 radical (unpaired) electrons. The lowest BCUT2D eigenvalue weighted by Crippen LogP contribution is -2.12. The molecule has 0 amide bonds. The van der Waals surface area contributed by atoms with E-state index in [1.54, 1.807) is 24.3 Å². The van der Waals surface area contributed by atoms with Crippen molar-refractivity contribution in [1.29, 1.82) is 0 Å². The molecular weight excluding hydrogens is 384 g/mol. The lowest BCUT2D eigenvalue weighted by atomic mass is 10.1. The average Bonchev–Trinajstić information content (AvgIpc) is 2.97. The quantitative estimate of drug-likeness (QED) is 0.499. The van der Waals surface area contributed by atoms with E-state index < -0.39 is 27.1 Å². The fraction of sp³-hybridized carbons (Fsp3) is 0. The second-order valence-corrected chi connectivity index (χ2v) is 5.54. The Bertz CT molecular complexity index is 978. The Morgan fingerprint density at radius 2 is 1.67 bits per heavy atom. The molecule has 0 aliphatic carbocycles. The van der Waals surface area contributed by atoms with Crippen molar-refractivity contribution in [2.75, 3.05) is 0 Å². The molecule has 3 aromatic rings. The standard InChI is InChI=1S/C14H7BrN4O5/c15-13-11(18(21)22)5-8(6-12(13)19(23)24)14(20)17-7-16-9-3-1-2-4-10(9)17/h1-7H. The van der Waals surface area contributed by atoms with Crippen LogP contribution in [0.1, 0.15) is 10.4 Å².